The SMILES string of the molecule is CC/C=C\C/C=C\C/C=C\C/C=C\C/C=C\C/C=C\CCC(=O)OCC(COC(=O)CCCCCCCCCCCCCCC/C=C\CCCCCCCCCC)OC(=O)CCCCCCCCCCC/C=C\C/C=C\CCCCCCC. The molecule has 0 spiro atoms. The predicted molar refractivity (Wildman–Crippen MR) is 362 cm³/mol. The lowest BCUT2D eigenvalue weighted by Gasteiger charge is -2.18. The maximum Gasteiger partial charge on any atom is 0.306 e. The van der Waals surface area contributed by atoms with Crippen molar-refractivity contribution in [2.24, 2.45) is 0 Å². The van der Waals surface area contributed by atoms with Crippen LogP contribution in [0.25, 0.3) is 0 Å². The van der Waals surface area contributed by atoms with Crippen molar-refractivity contribution in [3.05, 3.63) is 109 Å². The van der Waals surface area contributed by atoms with Gasteiger partial charge in [0.15, 0.2) is 6.10 Å². The Kier molecular flexibility index (Phi) is 67.2. The highest BCUT2D eigenvalue weighted by Gasteiger charge is 2.19. The van der Waals surface area contributed by atoms with Crippen LogP contribution < -0.4 is 0 Å². The van der Waals surface area contributed by atoms with Crippen molar-refractivity contribution >= 4 is 17.9 Å². The summed E-state index contributed by atoms with van der Waals surface area (Å²) >= 11 is 0. The van der Waals surface area contributed by atoms with E-state index in [1.807, 2.05) is 6.08 Å². The minimum absolute atomic E-state index is 0.102. The number of carbonyl (C=O) groups excluding carboxylic acids is 3. The number of rotatable bonds is 64. The van der Waals surface area contributed by atoms with Crippen LogP contribution in [0.3, 0.4) is 0 Å². The fourth-order valence-corrected chi connectivity index (χ4v) is 9.97. The number of esters is 3. The third-order valence-corrected chi connectivity index (χ3v) is 15.2. The summed E-state index contributed by atoms with van der Waals surface area (Å²) in [5.74, 6) is -0.982. The molecular formula is C77H132O6. The highest BCUT2D eigenvalue weighted by atomic mass is 16.6. The normalized spacial score (nSPS) is 12.8. The van der Waals surface area contributed by atoms with Gasteiger partial charge in [0.1, 0.15) is 13.2 Å². The van der Waals surface area contributed by atoms with E-state index in [1.165, 1.54) is 212 Å². The fraction of sp³-hybridized carbons (Fsp3) is 0.727. The van der Waals surface area contributed by atoms with Crippen LogP contribution in [-0.4, -0.2) is 37.2 Å². The van der Waals surface area contributed by atoms with Crippen molar-refractivity contribution in [3.63, 3.8) is 0 Å². The molecule has 1 unspecified atom stereocenters. The topological polar surface area (TPSA) is 78.9 Å². The first-order chi connectivity index (χ1) is 41.0. The van der Waals surface area contributed by atoms with Crippen molar-refractivity contribution in [1.82, 2.24) is 0 Å². The van der Waals surface area contributed by atoms with Gasteiger partial charge in [-0.3, -0.25) is 14.4 Å². The van der Waals surface area contributed by atoms with Crippen LogP contribution in [0, 0.1) is 0 Å². The van der Waals surface area contributed by atoms with Crippen LogP contribution >= 0.6 is 0 Å². The first kappa shape index (κ1) is 79.1. The Bertz CT molecular complexity index is 1660. The second kappa shape index (κ2) is 70.6. The summed E-state index contributed by atoms with van der Waals surface area (Å²) < 4.78 is 16.9. The molecule has 83 heavy (non-hydrogen) atoms. The molecule has 0 aliphatic carbocycles. The molecule has 0 aromatic rings. The molecule has 0 amide bonds. The Labute approximate surface area is 514 Å². The molecule has 6 nitrogen and oxygen atoms in total. The van der Waals surface area contributed by atoms with Gasteiger partial charge < -0.3 is 14.2 Å². The third kappa shape index (κ3) is 68.7. The van der Waals surface area contributed by atoms with Crippen LogP contribution in [0.1, 0.15) is 342 Å². The van der Waals surface area contributed by atoms with E-state index in [9.17, 15) is 14.4 Å². The van der Waals surface area contributed by atoms with Gasteiger partial charge in [-0.2, -0.15) is 0 Å². The summed E-state index contributed by atoms with van der Waals surface area (Å²) in [4.78, 5) is 38.4. The van der Waals surface area contributed by atoms with Gasteiger partial charge in [-0.15, -0.1) is 0 Å². The Hall–Kier alpha value is -3.93. The lowest BCUT2D eigenvalue weighted by atomic mass is 10.0. The van der Waals surface area contributed by atoms with Crippen LogP contribution in [0.15, 0.2) is 109 Å². The standard InChI is InChI=1S/C77H132O6/c1-4-7-10-13-16-19-22-25-28-31-34-36-37-38-39-41-43-46-49-52-55-58-61-64-67-70-76(79)82-73-74(72-81-75(78)69-66-63-60-57-54-51-48-45-42-33-30-27-24-21-18-15-12-9-6-3)83-77(80)71-68-65-62-59-56-53-50-47-44-40-35-32-29-26-23-20-17-14-11-8-5-2/h9,12,18,21,23,26-27,30-32,34-35,42,45,51,54,60,63,74H,4-8,10-11,13-17,19-20,22,24-25,28-29,33,36-41,43-44,46-50,52-53,55-59,61-62,64-73H2,1-3H3/b12-9-,21-18-,26-23-,30-27-,34-31-,35-32-,45-42-,54-51-,63-60-. The Morgan fingerprint density at radius 2 is 0.494 bits per heavy atom. The average Bonchev–Trinajstić information content (AvgIpc) is 3.49. The van der Waals surface area contributed by atoms with Gasteiger partial charge in [-0.25, -0.2) is 0 Å². The average molecular weight is 1150 g/mol. The summed E-state index contributed by atoms with van der Waals surface area (Å²) in [5.41, 5.74) is 0. The summed E-state index contributed by atoms with van der Waals surface area (Å²) in [7, 11) is 0. The zero-order chi connectivity index (χ0) is 59.9. The molecule has 0 aromatic carbocycles. The summed E-state index contributed by atoms with van der Waals surface area (Å²) in [6.45, 7) is 6.49. The first-order valence-corrected chi connectivity index (χ1v) is 35.4. The van der Waals surface area contributed by atoms with E-state index >= 15 is 0 Å². The zero-order valence-electron chi connectivity index (χ0n) is 54.7. The number of allylic oxidation sites excluding steroid dienone is 18. The highest BCUT2D eigenvalue weighted by Crippen LogP contribution is 2.17. The summed E-state index contributed by atoms with van der Waals surface area (Å²) in [6, 6.07) is 0. The molecule has 0 fully saturated rings. The molecule has 0 heterocycles. The Morgan fingerprint density at radius 1 is 0.253 bits per heavy atom. The number of hydrogen-bond donors (Lipinski definition) is 0. The van der Waals surface area contributed by atoms with E-state index in [4.69, 9.17) is 14.2 Å². The number of carbonyl (C=O) groups is 3. The van der Waals surface area contributed by atoms with Gasteiger partial charge >= 0.3 is 17.9 Å². The van der Waals surface area contributed by atoms with E-state index in [1.54, 1.807) is 0 Å². The third-order valence-electron chi connectivity index (χ3n) is 15.2. The molecule has 0 aliphatic heterocycles. The van der Waals surface area contributed by atoms with Crippen molar-refractivity contribution in [1.29, 1.82) is 0 Å². The minimum atomic E-state index is -0.815. The second-order valence-corrected chi connectivity index (χ2v) is 23.4. The molecule has 0 radical (unpaired) electrons. The fourth-order valence-electron chi connectivity index (χ4n) is 9.97. The van der Waals surface area contributed by atoms with E-state index in [2.05, 4.69) is 124 Å². The lowest BCUT2D eigenvalue weighted by molar-refractivity contribution is -0.166. The molecule has 0 bridgehead atoms. The van der Waals surface area contributed by atoms with E-state index in [0.717, 1.165) is 83.5 Å². The van der Waals surface area contributed by atoms with Gasteiger partial charge in [0, 0.05) is 19.3 Å². The molecule has 1 atom stereocenters. The molecule has 0 rings (SSSR count). The van der Waals surface area contributed by atoms with Crippen LogP contribution in [0.2, 0.25) is 0 Å². The largest absolute Gasteiger partial charge is 0.462 e. The van der Waals surface area contributed by atoms with Crippen LogP contribution in [0.5, 0.6) is 0 Å². The van der Waals surface area contributed by atoms with Gasteiger partial charge in [0.05, 0.1) is 0 Å². The van der Waals surface area contributed by atoms with Crippen molar-refractivity contribution < 1.29 is 28.6 Å². The highest BCUT2D eigenvalue weighted by molar-refractivity contribution is 5.71. The number of hydrogen-bond acceptors (Lipinski definition) is 6. The lowest BCUT2D eigenvalue weighted by Crippen LogP contribution is -2.30. The molecule has 0 N–H and O–H groups in total. The Balaban J connectivity index is 4.43. The maximum atomic E-state index is 13.0. The summed E-state index contributed by atoms with van der Waals surface area (Å²) in [5, 5.41) is 0. The second-order valence-electron chi connectivity index (χ2n) is 23.4. The number of ether oxygens (including phenoxy) is 3. The first-order valence-electron chi connectivity index (χ1n) is 35.4. The quantitative estimate of drug-likeness (QED) is 0.0261. The molecule has 476 valence electrons. The van der Waals surface area contributed by atoms with Crippen molar-refractivity contribution in [2.75, 3.05) is 13.2 Å². The van der Waals surface area contributed by atoms with Crippen molar-refractivity contribution in [2.45, 2.75) is 348 Å². The van der Waals surface area contributed by atoms with E-state index in [-0.39, 0.29) is 37.5 Å². The maximum absolute atomic E-state index is 13.0. The molecule has 0 saturated heterocycles. The zero-order valence-corrected chi connectivity index (χ0v) is 54.7. The molecule has 0 aliphatic rings. The molecule has 6 heteroatoms. The van der Waals surface area contributed by atoms with Gasteiger partial charge in [-0.05, 0) is 116 Å². The molecular weight excluding hydrogens is 1020 g/mol. The minimum Gasteiger partial charge on any atom is -0.462 e. The van der Waals surface area contributed by atoms with E-state index in [0.29, 0.717) is 19.3 Å². The monoisotopic (exact) mass is 1150 g/mol. The van der Waals surface area contributed by atoms with Crippen molar-refractivity contribution in [3.8, 4) is 0 Å². The molecule has 0 aromatic heterocycles. The predicted octanol–water partition coefficient (Wildman–Crippen LogP) is 24.6. The van der Waals surface area contributed by atoms with Gasteiger partial charge in [0.2, 0.25) is 0 Å². The molecule has 0 saturated carbocycles. The van der Waals surface area contributed by atoms with Gasteiger partial charge in [0.25, 0.3) is 0 Å². The van der Waals surface area contributed by atoms with Gasteiger partial charge in [-0.1, -0.05) is 316 Å². The van der Waals surface area contributed by atoms with Crippen LogP contribution in [-0.2, 0) is 28.6 Å². The smallest absolute Gasteiger partial charge is 0.306 e. The van der Waals surface area contributed by atoms with E-state index < -0.39 is 6.10 Å². The summed E-state index contributed by atoms with van der Waals surface area (Å²) in [6.07, 6.45) is 97.0. The Morgan fingerprint density at radius 3 is 0.819 bits per heavy atom. The number of unbranched alkanes of at least 4 members (excludes halogenated alkanes) is 35. The van der Waals surface area contributed by atoms with Crippen LogP contribution in [0.4, 0.5) is 0 Å².